The van der Waals surface area contributed by atoms with Crippen LogP contribution in [-0.2, 0) is 10.2 Å². The van der Waals surface area contributed by atoms with Crippen molar-refractivity contribution in [2.24, 2.45) is 5.73 Å². The molecule has 0 amide bonds. The first kappa shape index (κ1) is 12.9. The maximum Gasteiger partial charge on any atom is 0.122 e. The minimum Gasteiger partial charge on any atom is -0.488 e. The fourth-order valence-electron chi connectivity index (χ4n) is 3.11. The molecule has 19 heavy (non-hydrogen) atoms. The maximum absolute atomic E-state index is 6.04. The highest BCUT2D eigenvalue weighted by Gasteiger charge is 2.37. The van der Waals surface area contributed by atoms with Crippen LogP contribution < -0.4 is 10.5 Å². The Morgan fingerprint density at radius 1 is 1.32 bits per heavy atom. The number of ether oxygens (including phenoxy) is 2. The summed E-state index contributed by atoms with van der Waals surface area (Å²) in [4.78, 5) is 0. The molecule has 1 saturated carbocycles. The zero-order valence-corrected chi connectivity index (χ0v) is 11.4. The molecule has 0 bridgehead atoms. The summed E-state index contributed by atoms with van der Waals surface area (Å²) in [5.74, 6) is 0.965. The second-order valence-corrected chi connectivity index (χ2v) is 5.82. The number of benzene rings is 1. The summed E-state index contributed by atoms with van der Waals surface area (Å²) >= 11 is 0. The van der Waals surface area contributed by atoms with E-state index in [1.807, 2.05) is 6.07 Å². The lowest BCUT2D eigenvalue weighted by atomic mass is 9.64. The second kappa shape index (κ2) is 5.51. The summed E-state index contributed by atoms with van der Waals surface area (Å²) < 4.78 is 11.5. The van der Waals surface area contributed by atoms with E-state index in [0.29, 0.717) is 6.61 Å². The van der Waals surface area contributed by atoms with Crippen LogP contribution in [0.4, 0.5) is 0 Å². The Hall–Kier alpha value is -1.06. The van der Waals surface area contributed by atoms with Crippen LogP contribution in [0.15, 0.2) is 24.3 Å². The van der Waals surface area contributed by atoms with E-state index in [9.17, 15) is 0 Å². The molecule has 1 aromatic carbocycles. The van der Waals surface area contributed by atoms with E-state index in [2.05, 4.69) is 18.2 Å². The third kappa shape index (κ3) is 2.63. The fourth-order valence-corrected chi connectivity index (χ4v) is 3.11. The van der Waals surface area contributed by atoms with Crippen LogP contribution in [-0.4, -0.2) is 25.9 Å². The molecule has 1 atom stereocenters. The number of hydrogen-bond donors (Lipinski definition) is 1. The molecule has 2 fully saturated rings. The van der Waals surface area contributed by atoms with Crippen LogP contribution in [0.5, 0.6) is 5.75 Å². The van der Waals surface area contributed by atoms with Gasteiger partial charge in [-0.2, -0.15) is 0 Å². The SMILES string of the molecule is NCC1(c2cccc(OC3CCCOC3)c2)CCC1. The number of nitrogens with two attached hydrogens (primary N) is 1. The van der Waals surface area contributed by atoms with Crippen molar-refractivity contribution >= 4 is 0 Å². The van der Waals surface area contributed by atoms with Crippen molar-refractivity contribution in [2.45, 2.75) is 43.6 Å². The van der Waals surface area contributed by atoms with Crippen molar-refractivity contribution < 1.29 is 9.47 Å². The third-order valence-electron chi connectivity index (χ3n) is 4.57. The molecule has 2 N–H and O–H groups in total. The first-order valence-corrected chi connectivity index (χ1v) is 7.37. The van der Waals surface area contributed by atoms with E-state index in [0.717, 1.165) is 31.7 Å². The lowest BCUT2D eigenvalue weighted by Crippen LogP contribution is -2.41. The van der Waals surface area contributed by atoms with Gasteiger partial charge in [0.05, 0.1) is 6.61 Å². The highest BCUT2D eigenvalue weighted by atomic mass is 16.5. The van der Waals surface area contributed by atoms with E-state index in [-0.39, 0.29) is 11.5 Å². The van der Waals surface area contributed by atoms with Gasteiger partial charge in [-0.15, -0.1) is 0 Å². The van der Waals surface area contributed by atoms with Gasteiger partial charge in [0, 0.05) is 18.6 Å². The monoisotopic (exact) mass is 261 g/mol. The summed E-state index contributed by atoms with van der Waals surface area (Å²) in [5.41, 5.74) is 7.53. The smallest absolute Gasteiger partial charge is 0.122 e. The lowest BCUT2D eigenvalue weighted by molar-refractivity contribution is 0.00733. The Morgan fingerprint density at radius 2 is 2.21 bits per heavy atom. The van der Waals surface area contributed by atoms with Crippen LogP contribution in [0, 0.1) is 0 Å². The molecule has 104 valence electrons. The molecule has 1 aromatic rings. The third-order valence-corrected chi connectivity index (χ3v) is 4.57. The van der Waals surface area contributed by atoms with E-state index in [1.54, 1.807) is 0 Å². The van der Waals surface area contributed by atoms with Crippen LogP contribution in [0.1, 0.15) is 37.7 Å². The highest BCUT2D eigenvalue weighted by Crippen LogP contribution is 2.43. The van der Waals surface area contributed by atoms with E-state index in [1.165, 1.54) is 24.8 Å². The molecule has 1 aliphatic carbocycles. The van der Waals surface area contributed by atoms with Gasteiger partial charge < -0.3 is 15.2 Å². The molecule has 1 heterocycles. The van der Waals surface area contributed by atoms with Gasteiger partial charge in [-0.3, -0.25) is 0 Å². The molecular formula is C16H23NO2. The van der Waals surface area contributed by atoms with E-state index >= 15 is 0 Å². The molecule has 3 nitrogen and oxygen atoms in total. The van der Waals surface area contributed by atoms with Gasteiger partial charge in [0.25, 0.3) is 0 Å². The second-order valence-electron chi connectivity index (χ2n) is 5.82. The molecule has 1 unspecified atom stereocenters. The van der Waals surface area contributed by atoms with Gasteiger partial charge in [-0.1, -0.05) is 18.6 Å². The molecular weight excluding hydrogens is 238 g/mol. The highest BCUT2D eigenvalue weighted by molar-refractivity contribution is 5.36. The predicted octanol–water partition coefficient (Wildman–Crippen LogP) is 2.62. The van der Waals surface area contributed by atoms with Crippen molar-refractivity contribution in [3.05, 3.63) is 29.8 Å². The van der Waals surface area contributed by atoms with Crippen LogP contribution in [0.3, 0.4) is 0 Å². The van der Waals surface area contributed by atoms with E-state index < -0.39 is 0 Å². The number of rotatable bonds is 4. The van der Waals surface area contributed by atoms with Crippen molar-refractivity contribution in [3.8, 4) is 5.75 Å². The molecule has 1 aliphatic heterocycles. The Bertz CT molecular complexity index is 417. The van der Waals surface area contributed by atoms with Crippen LogP contribution in [0.25, 0.3) is 0 Å². The minimum absolute atomic E-state index is 0.208. The predicted molar refractivity (Wildman–Crippen MR) is 75.5 cm³/mol. The van der Waals surface area contributed by atoms with Crippen molar-refractivity contribution in [1.29, 1.82) is 0 Å². The minimum atomic E-state index is 0.208. The van der Waals surface area contributed by atoms with Gasteiger partial charge in [0.1, 0.15) is 11.9 Å². The van der Waals surface area contributed by atoms with Gasteiger partial charge in [-0.05, 0) is 43.4 Å². The van der Waals surface area contributed by atoms with Gasteiger partial charge in [-0.25, -0.2) is 0 Å². The number of hydrogen-bond acceptors (Lipinski definition) is 3. The zero-order chi connectivity index (χ0) is 13.1. The quantitative estimate of drug-likeness (QED) is 0.906. The molecule has 3 rings (SSSR count). The largest absolute Gasteiger partial charge is 0.488 e. The van der Waals surface area contributed by atoms with Crippen LogP contribution >= 0.6 is 0 Å². The van der Waals surface area contributed by atoms with E-state index in [4.69, 9.17) is 15.2 Å². The van der Waals surface area contributed by atoms with Crippen molar-refractivity contribution in [1.82, 2.24) is 0 Å². The Labute approximate surface area is 115 Å². The summed E-state index contributed by atoms with van der Waals surface area (Å²) in [6, 6.07) is 8.50. The first-order chi connectivity index (χ1) is 9.32. The summed E-state index contributed by atoms with van der Waals surface area (Å²) in [7, 11) is 0. The van der Waals surface area contributed by atoms with Gasteiger partial charge in [0.2, 0.25) is 0 Å². The van der Waals surface area contributed by atoms with Crippen LogP contribution in [0.2, 0.25) is 0 Å². The fraction of sp³-hybridized carbons (Fsp3) is 0.625. The maximum atomic E-state index is 6.04. The normalized spacial score (nSPS) is 25.6. The van der Waals surface area contributed by atoms with Crippen molar-refractivity contribution in [3.63, 3.8) is 0 Å². The Kier molecular flexibility index (Phi) is 3.76. The topological polar surface area (TPSA) is 44.5 Å². The molecule has 0 spiro atoms. The molecule has 0 radical (unpaired) electrons. The molecule has 2 aliphatic rings. The molecule has 0 aromatic heterocycles. The Morgan fingerprint density at radius 3 is 2.84 bits per heavy atom. The molecule has 3 heteroatoms. The summed E-state index contributed by atoms with van der Waals surface area (Å²) in [6.45, 7) is 2.32. The van der Waals surface area contributed by atoms with Crippen molar-refractivity contribution in [2.75, 3.05) is 19.8 Å². The standard InChI is InChI=1S/C16H23NO2/c17-12-16(7-3-8-16)13-4-1-5-14(10-13)19-15-6-2-9-18-11-15/h1,4-5,10,15H,2-3,6-9,11-12,17H2. The average Bonchev–Trinajstić information content (AvgIpc) is 2.40. The average molecular weight is 261 g/mol. The summed E-state index contributed by atoms with van der Waals surface area (Å²) in [6.07, 6.45) is 6.10. The summed E-state index contributed by atoms with van der Waals surface area (Å²) in [5, 5.41) is 0. The Balaban J connectivity index is 1.72. The van der Waals surface area contributed by atoms with Gasteiger partial charge >= 0.3 is 0 Å². The molecule has 1 saturated heterocycles. The zero-order valence-electron chi connectivity index (χ0n) is 11.4. The van der Waals surface area contributed by atoms with Gasteiger partial charge in [0.15, 0.2) is 0 Å². The first-order valence-electron chi connectivity index (χ1n) is 7.37. The lowest BCUT2D eigenvalue weighted by Gasteiger charge is -2.41.